The molecule has 0 unspecified atom stereocenters. The largest absolute Gasteiger partial charge is 0.470 e. The summed E-state index contributed by atoms with van der Waals surface area (Å²) in [4.78, 5) is 21.1. The van der Waals surface area contributed by atoms with Crippen molar-refractivity contribution in [3.63, 3.8) is 0 Å². The van der Waals surface area contributed by atoms with Crippen molar-refractivity contribution >= 4 is 17.3 Å². The molecule has 1 aromatic heterocycles. The molecule has 0 radical (unpaired) electrons. The van der Waals surface area contributed by atoms with Crippen LogP contribution >= 0.6 is 0 Å². The lowest BCUT2D eigenvalue weighted by Gasteiger charge is -1.87. The summed E-state index contributed by atoms with van der Waals surface area (Å²) in [5.74, 6) is 3.23. The second-order valence-corrected chi connectivity index (χ2v) is 2.14. The second kappa shape index (κ2) is 3.47. The van der Waals surface area contributed by atoms with E-state index in [1.54, 1.807) is 0 Å². The van der Waals surface area contributed by atoms with Crippen LogP contribution in [0.5, 0.6) is 0 Å². The van der Waals surface area contributed by atoms with Crippen molar-refractivity contribution in [3.05, 3.63) is 30.7 Å². The van der Waals surface area contributed by atoms with E-state index in [-0.39, 0.29) is 4.79 Å². The summed E-state index contributed by atoms with van der Waals surface area (Å²) < 4.78 is 0. The molecule has 2 N–H and O–H groups in total. The van der Waals surface area contributed by atoms with E-state index >= 15 is 0 Å². The average Bonchev–Trinajstić information content (AvgIpc) is 2.45. The van der Waals surface area contributed by atoms with Crippen LogP contribution in [0.25, 0.3) is 10.4 Å². The molecule has 12 nitrogen and oxygen atoms in total. The molecule has 0 aliphatic heterocycles. The van der Waals surface area contributed by atoms with Crippen LogP contribution in [0.2, 0.25) is 0 Å². The van der Waals surface area contributed by atoms with Gasteiger partial charge in [0.2, 0.25) is 0 Å². The van der Waals surface area contributed by atoms with E-state index in [1.807, 2.05) is 0 Å². The van der Waals surface area contributed by atoms with E-state index in [1.165, 1.54) is 0 Å². The van der Waals surface area contributed by atoms with Crippen molar-refractivity contribution in [2.24, 2.45) is 5.11 Å². The molecule has 78 valence electrons. The zero-order valence-corrected chi connectivity index (χ0v) is 6.84. The molecule has 0 amide bonds. The summed E-state index contributed by atoms with van der Waals surface area (Å²) in [5.41, 5.74) is 7.03. The smallest absolute Gasteiger partial charge is 0.358 e. The molecule has 15 heavy (non-hydrogen) atoms. The predicted octanol–water partition coefficient (Wildman–Crippen LogP) is 0.355. The number of aromatic nitrogens is 2. The SMILES string of the molecule is [N-]=[N+]=Nc1c([N+](=O)[O-])c([N+](=O)[O-])nn1N. The fourth-order valence-electron chi connectivity index (χ4n) is 0.827. The Kier molecular flexibility index (Phi) is 2.36. The van der Waals surface area contributed by atoms with Crippen LogP contribution in [-0.2, 0) is 0 Å². The van der Waals surface area contributed by atoms with Crippen LogP contribution < -0.4 is 5.84 Å². The minimum Gasteiger partial charge on any atom is -0.358 e. The van der Waals surface area contributed by atoms with Gasteiger partial charge in [0.15, 0.2) is 0 Å². The lowest BCUT2D eigenvalue weighted by atomic mass is 10.5. The highest BCUT2D eigenvalue weighted by atomic mass is 16.6. The summed E-state index contributed by atoms with van der Waals surface area (Å²) in [6.45, 7) is 0. The molecule has 0 aliphatic carbocycles. The standard InChI is InChI=1S/C3H2N8O4/c4-8-6-2-1(10(12)13)3(11(14)15)7-9(2)5/h5H2. The van der Waals surface area contributed by atoms with Crippen molar-refractivity contribution in [2.45, 2.75) is 0 Å². The van der Waals surface area contributed by atoms with Gasteiger partial charge >= 0.3 is 11.5 Å². The molecule has 0 atom stereocenters. The minimum atomic E-state index is -1.10. The molecule has 0 saturated heterocycles. The Bertz CT molecular complexity index is 482. The van der Waals surface area contributed by atoms with E-state index in [4.69, 9.17) is 11.4 Å². The van der Waals surface area contributed by atoms with Gasteiger partial charge in [-0.3, -0.25) is 10.1 Å². The molecule has 0 aromatic carbocycles. The third-order valence-corrected chi connectivity index (χ3v) is 1.34. The van der Waals surface area contributed by atoms with Crippen LogP contribution in [0, 0.1) is 20.2 Å². The molecule has 0 fully saturated rings. The van der Waals surface area contributed by atoms with Gasteiger partial charge in [0, 0.05) is 4.91 Å². The first kappa shape index (κ1) is 10.2. The first-order valence-electron chi connectivity index (χ1n) is 3.21. The Morgan fingerprint density at radius 1 is 1.47 bits per heavy atom. The number of hydrogen-bond acceptors (Lipinski definition) is 7. The van der Waals surface area contributed by atoms with Gasteiger partial charge in [0.1, 0.15) is 0 Å². The molecule has 12 heteroatoms. The molecular formula is C3H2N8O4. The molecule has 1 rings (SSSR count). The fourth-order valence-corrected chi connectivity index (χ4v) is 0.827. The van der Waals surface area contributed by atoms with Gasteiger partial charge in [-0.15, -0.1) is 0 Å². The number of nitrogen functional groups attached to an aromatic ring is 1. The highest BCUT2D eigenvalue weighted by Gasteiger charge is 2.36. The molecule has 0 saturated carbocycles. The normalized spacial score (nSPS) is 9.33. The maximum atomic E-state index is 10.4. The van der Waals surface area contributed by atoms with Crippen molar-refractivity contribution in [2.75, 3.05) is 5.84 Å². The van der Waals surface area contributed by atoms with Crippen molar-refractivity contribution in [1.82, 2.24) is 9.89 Å². The third-order valence-electron chi connectivity index (χ3n) is 1.34. The maximum absolute atomic E-state index is 10.4. The lowest BCUT2D eigenvalue weighted by molar-refractivity contribution is -0.424. The Labute approximate surface area is 79.8 Å². The van der Waals surface area contributed by atoms with Crippen LogP contribution in [0.4, 0.5) is 17.3 Å². The topological polar surface area (TPSA) is 179 Å². The van der Waals surface area contributed by atoms with E-state index in [0.717, 1.165) is 0 Å². The zero-order valence-electron chi connectivity index (χ0n) is 6.84. The molecule has 0 aliphatic rings. The van der Waals surface area contributed by atoms with E-state index in [2.05, 4.69) is 15.1 Å². The Hall–Kier alpha value is -2.88. The van der Waals surface area contributed by atoms with E-state index in [9.17, 15) is 20.2 Å². The zero-order chi connectivity index (χ0) is 11.6. The summed E-state index contributed by atoms with van der Waals surface area (Å²) >= 11 is 0. The Morgan fingerprint density at radius 3 is 2.47 bits per heavy atom. The predicted molar refractivity (Wildman–Crippen MR) is 44.5 cm³/mol. The van der Waals surface area contributed by atoms with Gasteiger partial charge in [0.25, 0.3) is 5.82 Å². The average molecular weight is 214 g/mol. The molecule has 1 heterocycles. The first-order valence-corrected chi connectivity index (χ1v) is 3.21. The monoisotopic (exact) mass is 214 g/mol. The van der Waals surface area contributed by atoms with Gasteiger partial charge in [0.05, 0.1) is 10.0 Å². The number of nitrogens with zero attached hydrogens (tertiary/aromatic N) is 7. The molecular weight excluding hydrogens is 212 g/mol. The summed E-state index contributed by atoms with van der Waals surface area (Å²) in [5, 5.41) is 26.7. The Balaban J connectivity index is 3.58. The van der Waals surface area contributed by atoms with E-state index < -0.39 is 27.2 Å². The number of azide groups is 1. The summed E-state index contributed by atoms with van der Waals surface area (Å²) in [6, 6.07) is 0. The van der Waals surface area contributed by atoms with Gasteiger partial charge in [-0.25, -0.2) is 0 Å². The fraction of sp³-hybridized carbons (Fsp3) is 0. The summed E-state index contributed by atoms with van der Waals surface area (Å²) in [6.07, 6.45) is 0. The Morgan fingerprint density at radius 2 is 2.07 bits per heavy atom. The highest BCUT2D eigenvalue weighted by molar-refractivity contribution is 5.62. The third kappa shape index (κ3) is 1.59. The van der Waals surface area contributed by atoms with Crippen LogP contribution in [-0.4, -0.2) is 19.7 Å². The number of hydrogen-bond donors (Lipinski definition) is 1. The van der Waals surface area contributed by atoms with Crippen molar-refractivity contribution in [3.8, 4) is 0 Å². The molecule has 0 spiro atoms. The lowest BCUT2D eigenvalue weighted by Crippen LogP contribution is -2.09. The van der Waals surface area contributed by atoms with Crippen LogP contribution in [0.15, 0.2) is 5.11 Å². The molecule has 1 aromatic rings. The van der Waals surface area contributed by atoms with Gasteiger partial charge in [-0.05, 0) is 15.6 Å². The minimum absolute atomic E-state index is 0.274. The molecule has 0 bridgehead atoms. The van der Waals surface area contributed by atoms with Crippen molar-refractivity contribution in [1.29, 1.82) is 0 Å². The number of nitro groups is 2. The van der Waals surface area contributed by atoms with Crippen LogP contribution in [0.1, 0.15) is 0 Å². The summed E-state index contributed by atoms with van der Waals surface area (Å²) in [7, 11) is 0. The quantitative estimate of drug-likeness (QED) is 0.189. The van der Waals surface area contributed by atoms with Gasteiger partial charge < -0.3 is 16.0 Å². The number of nitrogens with two attached hydrogens (primary N) is 1. The maximum Gasteiger partial charge on any atom is 0.470 e. The second-order valence-electron chi connectivity index (χ2n) is 2.14. The van der Waals surface area contributed by atoms with Gasteiger partial charge in [-0.2, -0.15) is 0 Å². The van der Waals surface area contributed by atoms with Crippen LogP contribution in [0.3, 0.4) is 0 Å². The van der Waals surface area contributed by atoms with Gasteiger partial charge in [-0.1, -0.05) is 4.79 Å². The first-order chi connectivity index (χ1) is 6.99. The van der Waals surface area contributed by atoms with E-state index in [0.29, 0.717) is 0 Å². The highest BCUT2D eigenvalue weighted by Crippen LogP contribution is 2.34. The number of rotatable bonds is 3. The van der Waals surface area contributed by atoms with Crippen molar-refractivity contribution < 1.29 is 9.85 Å².